The number of nitrogens with zero attached hydrogens (tertiary/aromatic N) is 3. The van der Waals surface area contributed by atoms with Crippen LogP contribution in [0.4, 0.5) is 0 Å². The maximum Gasteiger partial charge on any atom is 0.147 e. The fourth-order valence-electron chi connectivity index (χ4n) is 2.66. The van der Waals surface area contributed by atoms with Crippen LogP contribution in [0.1, 0.15) is 20.3 Å². The lowest BCUT2D eigenvalue weighted by Crippen LogP contribution is -2.57. The number of methoxy groups -OCH3 is 2. The summed E-state index contributed by atoms with van der Waals surface area (Å²) >= 11 is 0. The van der Waals surface area contributed by atoms with E-state index in [1.165, 1.54) is 0 Å². The van der Waals surface area contributed by atoms with Crippen LogP contribution >= 0.6 is 0 Å². The van der Waals surface area contributed by atoms with Crippen LogP contribution in [-0.2, 0) is 19.0 Å². The van der Waals surface area contributed by atoms with Crippen molar-refractivity contribution in [3.8, 4) is 0 Å². The molecular weight excluding hydrogens is 288 g/mol. The molecule has 1 aliphatic heterocycles. The third kappa shape index (κ3) is 4.26. The molecular formula is C14H22N4O4. The minimum absolute atomic E-state index is 0.197. The van der Waals surface area contributed by atoms with Gasteiger partial charge in [-0.25, -0.2) is 4.79 Å². The minimum Gasteiger partial charge on any atom is -0.490 e. The Bertz CT molecular complexity index is 479. The molecule has 0 aromatic rings. The first-order valence-corrected chi connectivity index (χ1v) is 7.03. The van der Waals surface area contributed by atoms with E-state index in [2.05, 4.69) is 15.3 Å². The molecule has 0 fully saturated rings. The van der Waals surface area contributed by atoms with Gasteiger partial charge in [0.15, 0.2) is 0 Å². The van der Waals surface area contributed by atoms with Crippen LogP contribution in [0.25, 0.3) is 10.4 Å². The zero-order chi connectivity index (χ0) is 16.5. The molecule has 0 spiro atoms. The molecule has 0 aliphatic carbocycles. The van der Waals surface area contributed by atoms with E-state index in [1.54, 1.807) is 33.2 Å². The molecule has 1 aliphatic rings. The van der Waals surface area contributed by atoms with Crippen LogP contribution < -0.4 is 5.32 Å². The summed E-state index contributed by atoms with van der Waals surface area (Å²) in [7, 11) is 3.17. The van der Waals surface area contributed by atoms with E-state index in [-0.39, 0.29) is 6.10 Å². The van der Waals surface area contributed by atoms with Gasteiger partial charge in [-0.1, -0.05) is 12.0 Å². The number of rotatable bonds is 8. The largest absolute Gasteiger partial charge is 0.490 e. The molecule has 0 aromatic heterocycles. The van der Waals surface area contributed by atoms with E-state index in [0.717, 1.165) is 12.6 Å². The maximum atomic E-state index is 10.5. The Morgan fingerprint density at radius 2 is 2.32 bits per heavy atom. The van der Waals surface area contributed by atoms with Crippen molar-refractivity contribution in [2.24, 2.45) is 5.11 Å². The average Bonchev–Trinajstić information content (AvgIpc) is 2.51. The molecule has 8 heteroatoms. The normalized spacial score (nSPS) is 26.5. The highest BCUT2D eigenvalue weighted by Gasteiger charge is 2.41. The Hall–Kier alpha value is -1.98. The zero-order valence-electron chi connectivity index (χ0n) is 13.2. The van der Waals surface area contributed by atoms with Crippen LogP contribution in [0.3, 0.4) is 0 Å². The number of carbonyl (C=O) groups excluding carboxylic acids is 1. The topological polar surface area (TPSA) is 106 Å². The lowest BCUT2D eigenvalue weighted by molar-refractivity contribution is -0.118. The van der Waals surface area contributed by atoms with Gasteiger partial charge in [-0.15, -0.1) is 0 Å². The quantitative estimate of drug-likeness (QED) is 0.318. The standard InChI is InChI=1S/C14H22N4O4/c1-5-11(20-3)13(21-4)14-12(16-6-7-19)10(17-18-15)8-9(2)22-14/h6,8,10-14,16H,5H2,1-4H3. The summed E-state index contributed by atoms with van der Waals surface area (Å²) < 4.78 is 16.9. The van der Waals surface area contributed by atoms with Crippen LogP contribution in [0.5, 0.6) is 0 Å². The predicted molar refractivity (Wildman–Crippen MR) is 80.6 cm³/mol. The molecule has 0 saturated carbocycles. The summed E-state index contributed by atoms with van der Waals surface area (Å²) in [5.74, 6) is 2.28. The Kier molecular flexibility index (Phi) is 7.49. The van der Waals surface area contributed by atoms with Crippen molar-refractivity contribution in [2.45, 2.75) is 50.7 Å². The molecule has 1 rings (SSSR count). The fraction of sp³-hybridized carbons (Fsp3) is 0.714. The first kappa shape index (κ1) is 18.1. The Morgan fingerprint density at radius 3 is 2.82 bits per heavy atom. The summed E-state index contributed by atoms with van der Waals surface area (Å²) in [5.41, 5.74) is 8.75. The average molecular weight is 310 g/mol. The third-order valence-corrected chi connectivity index (χ3v) is 3.64. The number of allylic oxidation sites excluding steroid dienone is 1. The highest BCUT2D eigenvalue weighted by molar-refractivity contribution is 5.44. The lowest BCUT2D eigenvalue weighted by Gasteiger charge is -2.40. The van der Waals surface area contributed by atoms with Crippen molar-refractivity contribution in [3.63, 3.8) is 0 Å². The van der Waals surface area contributed by atoms with E-state index in [9.17, 15) is 4.79 Å². The van der Waals surface area contributed by atoms with Crippen molar-refractivity contribution in [3.05, 3.63) is 28.5 Å². The van der Waals surface area contributed by atoms with Crippen molar-refractivity contribution in [1.82, 2.24) is 5.32 Å². The Balaban J connectivity index is 3.17. The van der Waals surface area contributed by atoms with Crippen LogP contribution in [-0.4, -0.2) is 50.6 Å². The van der Waals surface area contributed by atoms with E-state index < -0.39 is 24.3 Å². The molecule has 0 radical (unpaired) electrons. The van der Waals surface area contributed by atoms with E-state index >= 15 is 0 Å². The molecule has 5 unspecified atom stereocenters. The maximum absolute atomic E-state index is 10.5. The molecule has 1 N–H and O–H groups in total. The lowest BCUT2D eigenvalue weighted by atomic mass is 9.92. The van der Waals surface area contributed by atoms with Crippen LogP contribution in [0.15, 0.2) is 23.1 Å². The Morgan fingerprint density at radius 1 is 1.59 bits per heavy atom. The monoisotopic (exact) mass is 310 g/mol. The summed E-state index contributed by atoms with van der Waals surface area (Å²) in [5, 5.41) is 6.64. The molecule has 0 saturated heterocycles. The SMILES string of the molecule is CCC(OC)C(OC)C1OC(C)=CC(N=[N+]=[N-])C1NC=C=O. The molecule has 5 atom stereocenters. The van der Waals surface area contributed by atoms with Gasteiger partial charge in [-0.3, -0.25) is 0 Å². The van der Waals surface area contributed by atoms with Gasteiger partial charge in [0, 0.05) is 19.1 Å². The number of ether oxygens (including phenoxy) is 3. The number of azide groups is 1. The smallest absolute Gasteiger partial charge is 0.147 e. The highest BCUT2D eigenvalue weighted by Crippen LogP contribution is 2.27. The van der Waals surface area contributed by atoms with Gasteiger partial charge in [0.25, 0.3) is 0 Å². The van der Waals surface area contributed by atoms with Gasteiger partial charge in [0.05, 0.1) is 30.1 Å². The number of hydrogen-bond acceptors (Lipinski definition) is 6. The van der Waals surface area contributed by atoms with Crippen LogP contribution in [0, 0.1) is 0 Å². The van der Waals surface area contributed by atoms with Gasteiger partial charge >= 0.3 is 0 Å². The highest BCUT2D eigenvalue weighted by atomic mass is 16.6. The van der Waals surface area contributed by atoms with Gasteiger partial charge in [0.2, 0.25) is 0 Å². The summed E-state index contributed by atoms with van der Waals surface area (Å²) in [6.07, 6.45) is 2.48. The molecule has 0 aromatic carbocycles. The van der Waals surface area contributed by atoms with E-state index in [0.29, 0.717) is 5.76 Å². The van der Waals surface area contributed by atoms with Gasteiger partial charge in [-0.2, -0.15) is 0 Å². The van der Waals surface area contributed by atoms with Gasteiger partial charge in [0.1, 0.15) is 18.1 Å². The molecule has 122 valence electrons. The van der Waals surface area contributed by atoms with Gasteiger partial charge < -0.3 is 19.5 Å². The second kappa shape index (κ2) is 9.12. The molecule has 22 heavy (non-hydrogen) atoms. The molecule has 0 amide bonds. The first-order chi connectivity index (χ1) is 10.6. The second-order valence-corrected chi connectivity index (χ2v) is 4.89. The van der Waals surface area contributed by atoms with E-state index in [1.807, 2.05) is 6.92 Å². The predicted octanol–water partition coefficient (Wildman–Crippen LogP) is 1.71. The molecule has 8 nitrogen and oxygen atoms in total. The summed E-state index contributed by atoms with van der Waals surface area (Å²) in [6.45, 7) is 3.75. The van der Waals surface area contributed by atoms with E-state index in [4.69, 9.17) is 19.7 Å². The minimum atomic E-state index is -0.514. The molecule has 1 heterocycles. The van der Waals surface area contributed by atoms with Crippen molar-refractivity contribution in [2.75, 3.05) is 14.2 Å². The first-order valence-electron chi connectivity index (χ1n) is 7.03. The van der Waals surface area contributed by atoms with Crippen LogP contribution in [0.2, 0.25) is 0 Å². The zero-order valence-corrected chi connectivity index (χ0v) is 13.2. The molecule has 0 bridgehead atoms. The Labute approximate surface area is 129 Å². The van der Waals surface area contributed by atoms with Crippen molar-refractivity contribution >= 4 is 5.94 Å². The summed E-state index contributed by atoms with van der Waals surface area (Å²) in [6, 6.07) is -0.976. The van der Waals surface area contributed by atoms with Crippen molar-refractivity contribution in [1.29, 1.82) is 0 Å². The van der Waals surface area contributed by atoms with Crippen molar-refractivity contribution < 1.29 is 19.0 Å². The number of nitrogens with one attached hydrogen (secondary N) is 1. The van der Waals surface area contributed by atoms with Gasteiger partial charge in [-0.05, 0) is 25.0 Å². The third-order valence-electron chi connectivity index (χ3n) is 3.64. The second-order valence-electron chi connectivity index (χ2n) is 4.89. The summed E-state index contributed by atoms with van der Waals surface area (Å²) in [4.78, 5) is 13.4. The number of hydrogen-bond donors (Lipinski definition) is 1. The fourth-order valence-corrected chi connectivity index (χ4v) is 2.66.